The number of amides is 1. The van der Waals surface area contributed by atoms with E-state index < -0.39 is 5.54 Å². The Kier molecular flexibility index (Phi) is 5.95. The molecule has 5 heteroatoms. The summed E-state index contributed by atoms with van der Waals surface area (Å²) in [7, 11) is 0. The first kappa shape index (κ1) is 15.8. The topological polar surface area (TPSA) is 75.3 Å². The zero-order valence-corrected chi connectivity index (χ0v) is 12.4. The Morgan fingerprint density at radius 3 is 2.83 bits per heavy atom. The molecular formula is C13H26N2O2S. The molecule has 4 N–H and O–H groups in total. The Hall–Kier alpha value is -0.260. The molecule has 0 aromatic carbocycles. The second-order valence-electron chi connectivity index (χ2n) is 5.58. The summed E-state index contributed by atoms with van der Waals surface area (Å²) in [4.78, 5) is 12.3. The van der Waals surface area contributed by atoms with Crippen LogP contribution in [-0.2, 0) is 4.79 Å². The second kappa shape index (κ2) is 6.78. The molecule has 1 saturated carbocycles. The summed E-state index contributed by atoms with van der Waals surface area (Å²) >= 11 is 1.56. The maximum atomic E-state index is 12.3. The predicted molar refractivity (Wildman–Crippen MR) is 76.5 cm³/mol. The van der Waals surface area contributed by atoms with Crippen LogP contribution in [0.5, 0.6) is 0 Å². The molecule has 4 nitrogen and oxygen atoms in total. The van der Waals surface area contributed by atoms with E-state index in [0.29, 0.717) is 5.92 Å². The van der Waals surface area contributed by atoms with E-state index in [9.17, 15) is 9.90 Å². The average Bonchev–Trinajstić information content (AvgIpc) is 2.30. The second-order valence-corrected chi connectivity index (χ2v) is 6.65. The normalized spacial score (nSPS) is 31.7. The van der Waals surface area contributed by atoms with Crippen molar-refractivity contribution in [1.29, 1.82) is 0 Å². The molecular weight excluding hydrogens is 248 g/mol. The highest BCUT2D eigenvalue weighted by Gasteiger charge is 2.38. The minimum Gasteiger partial charge on any atom is -0.395 e. The fraction of sp³-hybridized carbons (Fsp3) is 0.923. The molecule has 1 amide bonds. The van der Waals surface area contributed by atoms with Crippen molar-refractivity contribution in [2.75, 3.05) is 12.9 Å². The minimum atomic E-state index is -0.718. The van der Waals surface area contributed by atoms with E-state index in [4.69, 9.17) is 5.73 Å². The van der Waals surface area contributed by atoms with Crippen LogP contribution in [0, 0.1) is 5.92 Å². The maximum Gasteiger partial charge on any atom is 0.240 e. The molecule has 0 aromatic rings. The zero-order valence-electron chi connectivity index (χ0n) is 11.6. The summed E-state index contributed by atoms with van der Waals surface area (Å²) in [5, 5.41) is 12.2. The van der Waals surface area contributed by atoms with E-state index in [1.165, 1.54) is 0 Å². The van der Waals surface area contributed by atoms with Crippen LogP contribution in [0.2, 0.25) is 0 Å². The quantitative estimate of drug-likeness (QED) is 0.702. The van der Waals surface area contributed by atoms with Gasteiger partial charge in [-0.15, -0.1) is 0 Å². The standard InChI is InChI=1S/C13H26N2O2S/c1-9-5-4-6-13(14,7-9)12(17)15-10(2)11(8-16)18-3/h9-11,16H,4-8,14H2,1-3H3,(H,15,17). The molecule has 4 atom stereocenters. The molecule has 0 radical (unpaired) electrons. The Morgan fingerprint density at radius 1 is 1.67 bits per heavy atom. The lowest BCUT2D eigenvalue weighted by Gasteiger charge is -2.36. The summed E-state index contributed by atoms with van der Waals surface area (Å²) in [6.07, 6.45) is 5.63. The summed E-state index contributed by atoms with van der Waals surface area (Å²) in [5.74, 6) is 0.452. The van der Waals surface area contributed by atoms with Gasteiger partial charge in [-0.3, -0.25) is 4.79 Å². The van der Waals surface area contributed by atoms with Crippen LogP contribution in [0.3, 0.4) is 0 Å². The Bertz CT molecular complexity index is 284. The number of hydrogen-bond donors (Lipinski definition) is 3. The van der Waals surface area contributed by atoms with Crippen LogP contribution in [0.1, 0.15) is 39.5 Å². The van der Waals surface area contributed by atoms with Gasteiger partial charge in [-0.1, -0.05) is 19.8 Å². The van der Waals surface area contributed by atoms with Gasteiger partial charge in [0.2, 0.25) is 5.91 Å². The van der Waals surface area contributed by atoms with Gasteiger partial charge in [0, 0.05) is 11.3 Å². The van der Waals surface area contributed by atoms with Gasteiger partial charge in [0.25, 0.3) is 0 Å². The van der Waals surface area contributed by atoms with Crippen molar-refractivity contribution in [2.45, 2.75) is 56.4 Å². The molecule has 4 unspecified atom stereocenters. The number of hydrogen-bond acceptors (Lipinski definition) is 4. The molecule has 0 heterocycles. The maximum absolute atomic E-state index is 12.3. The van der Waals surface area contributed by atoms with Gasteiger partial charge >= 0.3 is 0 Å². The van der Waals surface area contributed by atoms with E-state index in [2.05, 4.69) is 12.2 Å². The van der Waals surface area contributed by atoms with Crippen LogP contribution >= 0.6 is 11.8 Å². The van der Waals surface area contributed by atoms with Gasteiger partial charge in [-0.05, 0) is 31.9 Å². The molecule has 0 bridgehead atoms. The molecule has 0 spiro atoms. The Labute approximate surface area is 114 Å². The molecule has 1 fully saturated rings. The van der Waals surface area contributed by atoms with Gasteiger partial charge in [0.05, 0.1) is 12.1 Å². The third-order valence-electron chi connectivity index (χ3n) is 3.88. The first-order valence-electron chi connectivity index (χ1n) is 6.66. The predicted octanol–water partition coefficient (Wildman–Crippen LogP) is 1.12. The lowest BCUT2D eigenvalue weighted by atomic mass is 9.76. The third-order valence-corrected chi connectivity index (χ3v) is 5.05. The zero-order chi connectivity index (χ0) is 13.8. The van der Waals surface area contributed by atoms with Crippen molar-refractivity contribution >= 4 is 17.7 Å². The molecule has 1 aliphatic carbocycles. The fourth-order valence-corrected chi connectivity index (χ4v) is 3.30. The van der Waals surface area contributed by atoms with Crippen molar-refractivity contribution < 1.29 is 9.90 Å². The van der Waals surface area contributed by atoms with Crippen LogP contribution in [0.15, 0.2) is 0 Å². The van der Waals surface area contributed by atoms with Gasteiger partial charge in [0.1, 0.15) is 0 Å². The van der Waals surface area contributed by atoms with E-state index in [1.807, 2.05) is 13.2 Å². The fourth-order valence-electron chi connectivity index (χ4n) is 2.68. The first-order chi connectivity index (χ1) is 8.42. The lowest BCUT2D eigenvalue weighted by molar-refractivity contribution is -0.128. The monoisotopic (exact) mass is 274 g/mol. The lowest BCUT2D eigenvalue weighted by Crippen LogP contribution is -2.59. The van der Waals surface area contributed by atoms with Crippen LogP contribution in [0.4, 0.5) is 0 Å². The van der Waals surface area contributed by atoms with Gasteiger partial charge < -0.3 is 16.2 Å². The number of nitrogens with two attached hydrogens (primary N) is 1. The van der Waals surface area contributed by atoms with E-state index in [-0.39, 0.29) is 23.8 Å². The van der Waals surface area contributed by atoms with Crippen LogP contribution in [0.25, 0.3) is 0 Å². The van der Waals surface area contributed by atoms with Crippen LogP contribution < -0.4 is 11.1 Å². The van der Waals surface area contributed by atoms with Gasteiger partial charge in [-0.2, -0.15) is 11.8 Å². The molecule has 106 valence electrons. The van der Waals surface area contributed by atoms with Gasteiger partial charge in [0.15, 0.2) is 0 Å². The summed E-state index contributed by atoms with van der Waals surface area (Å²) in [6.45, 7) is 4.14. The van der Waals surface area contributed by atoms with Crippen molar-refractivity contribution in [3.8, 4) is 0 Å². The van der Waals surface area contributed by atoms with Crippen molar-refractivity contribution in [3.63, 3.8) is 0 Å². The molecule has 0 aromatic heterocycles. The summed E-state index contributed by atoms with van der Waals surface area (Å²) in [5.41, 5.74) is 5.53. The van der Waals surface area contributed by atoms with Gasteiger partial charge in [-0.25, -0.2) is 0 Å². The highest BCUT2D eigenvalue weighted by molar-refractivity contribution is 7.99. The first-order valence-corrected chi connectivity index (χ1v) is 7.95. The average molecular weight is 274 g/mol. The van der Waals surface area contributed by atoms with E-state index in [1.54, 1.807) is 11.8 Å². The Morgan fingerprint density at radius 2 is 2.33 bits per heavy atom. The number of nitrogens with one attached hydrogen (secondary N) is 1. The van der Waals surface area contributed by atoms with E-state index in [0.717, 1.165) is 25.7 Å². The molecule has 1 aliphatic rings. The molecule has 18 heavy (non-hydrogen) atoms. The third kappa shape index (κ3) is 3.87. The molecule has 1 rings (SSSR count). The number of carbonyl (C=O) groups excluding carboxylic acids is 1. The SMILES string of the molecule is CSC(CO)C(C)NC(=O)C1(N)CCCC(C)C1. The summed E-state index contributed by atoms with van der Waals surface area (Å²) < 4.78 is 0. The highest BCUT2D eigenvalue weighted by atomic mass is 32.2. The van der Waals surface area contributed by atoms with Crippen LogP contribution in [-0.4, -0.2) is 40.7 Å². The number of aliphatic hydroxyl groups excluding tert-OH is 1. The smallest absolute Gasteiger partial charge is 0.240 e. The Balaban J connectivity index is 2.58. The van der Waals surface area contributed by atoms with Crippen molar-refractivity contribution in [3.05, 3.63) is 0 Å². The van der Waals surface area contributed by atoms with Crippen molar-refractivity contribution in [2.24, 2.45) is 11.7 Å². The minimum absolute atomic E-state index is 0.0264. The number of aliphatic hydroxyl groups is 1. The number of rotatable bonds is 5. The molecule has 0 aliphatic heterocycles. The van der Waals surface area contributed by atoms with E-state index >= 15 is 0 Å². The highest BCUT2D eigenvalue weighted by Crippen LogP contribution is 2.30. The number of thioether (sulfide) groups is 1. The summed E-state index contributed by atoms with van der Waals surface area (Å²) in [6, 6.07) is -0.0600. The molecule has 0 saturated heterocycles. The van der Waals surface area contributed by atoms with Crippen molar-refractivity contribution in [1.82, 2.24) is 5.32 Å². The largest absolute Gasteiger partial charge is 0.395 e. The number of carbonyl (C=O) groups is 1.